The highest BCUT2D eigenvalue weighted by Gasteiger charge is 2.25. The number of carbonyl (C=O) groups excluding carboxylic acids is 1. The molecule has 0 bridgehead atoms. The van der Waals surface area contributed by atoms with Crippen molar-refractivity contribution < 1.29 is 19.8 Å². The maximum absolute atomic E-state index is 12.0. The fourth-order valence-corrected chi connectivity index (χ4v) is 1.70. The molecule has 0 aliphatic carbocycles. The topological polar surface area (TPSA) is 89.9 Å². The Balaban J connectivity index is 4.55. The summed E-state index contributed by atoms with van der Waals surface area (Å²) in [5, 5.41) is 21.3. The molecule has 0 spiro atoms. The summed E-state index contributed by atoms with van der Waals surface area (Å²) in [6.07, 6.45) is 2.04. The van der Waals surface area contributed by atoms with E-state index in [9.17, 15) is 14.7 Å². The van der Waals surface area contributed by atoms with Gasteiger partial charge in [-0.05, 0) is 27.2 Å². The number of aliphatic hydroxyl groups is 1. The second kappa shape index (κ2) is 7.99. The van der Waals surface area contributed by atoms with Gasteiger partial charge in [0.05, 0.1) is 12.1 Å². The minimum atomic E-state index is -1.03. The van der Waals surface area contributed by atoms with Gasteiger partial charge in [0.25, 0.3) is 0 Å². The van der Waals surface area contributed by atoms with Crippen molar-refractivity contribution in [2.75, 3.05) is 13.1 Å². The van der Waals surface area contributed by atoms with Crippen LogP contribution in [-0.2, 0) is 4.79 Å². The molecule has 0 fully saturated rings. The van der Waals surface area contributed by atoms with Crippen molar-refractivity contribution in [3.63, 3.8) is 0 Å². The largest absolute Gasteiger partial charge is 0.480 e. The average Bonchev–Trinajstić information content (AvgIpc) is 2.29. The molecule has 0 aromatic carbocycles. The van der Waals surface area contributed by atoms with Gasteiger partial charge in [-0.25, -0.2) is 9.59 Å². The van der Waals surface area contributed by atoms with Gasteiger partial charge >= 0.3 is 12.0 Å². The molecule has 6 nitrogen and oxygen atoms in total. The maximum atomic E-state index is 12.0. The van der Waals surface area contributed by atoms with E-state index in [1.54, 1.807) is 20.8 Å². The van der Waals surface area contributed by atoms with Crippen molar-refractivity contribution in [3.8, 4) is 0 Å². The fraction of sp³-hybridized carbons (Fsp3) is 0.846. The van der Waals surface area contributed by atoms with Crippen LogP contribution >= 0.6 is 0 Å². The zero-order valence-electron chi connectivity index (χ0n) is 12.3. The van der Waals surface area contributed by atoms with E-state index in [-0.39, 0.29) is 6.54 Å². The van der Waals surface area contributed by atoms with Gasteiger partial charge in [0.2, 0.25) is 0 Å². The Morgan fingerprint density at radius 2 is 1.89 bits per heavy atom. The first-order valence-corrected chi connectivity index (χ1v) is 6.71. The number of carboxylic acid groups (broad SMARTS) is 1. The molecule has 0 aliphatic rings. The van der Waals surface area contributed by atoms with Crippen molar-refractivity contribution in [1.29, 1.82) is 0 Å². The number of carboxylic acids is 1. The molecule has 0 aromatic rings. The fourth-order valence-electron chi connectivity index (χ4n) is 1.70. The first-order chi connectivity index (χ1) is 8.71. The third-order valence-electron chi connectivity index (χ3n) is 2.69. The molecule has 0 radical (unpaired) electrons. The Labute approximate surface area is 114 Å². The number of likely N-dealkylation sites (N-methyl/N-ethyl adjacent to an activating group) is 1. The molecule has 0 aromatic heterocycles. The maximum Gasteiger partial charge on any atom is 0.326 e. The van der Waals surface area contributed by atoms with Crippen LogP contribution in [0.3, 0.4) is 0 Å². The molecule has 1 unspecified atom stereocenters. The minimum absolute atomic E-state index is 0.162. The van der Waals surface area contributed by atoms with Crippen LogP contribution in [0.4, 0.5) is 4.79 Å². The number of hydrogen-bond donors (Lipinski definition) is 3. The molecule has 0 aliphatic heterocycles. The molecule has 2 amide bonds. The predicted molar refractivity (Wildman–Crippen MR) is 73.0 cm³/mol. The normalized spacial score (nSPS) is 12.9. The molecule has 3 N–H and O–H groups in total. The smallest absolute Gasteiger partial charge is 0.326 e. The van der Waals surface area contributed by atoms with Crippen molar-refractivity contribution >= 4 is 12.0 Å². The highest BCUT2D eigenvalue weighted by Crippen LogP contribution is 2.07. The molecule has 112 valence electrons. The monoisotopic (exact) mass is 274 g/mol. The van der Waals surface area contributed by atoms with Crippen LogP contribution in [0.2, 0.25) is 0 Å². The number of nitrogens with one attached hydrogen (secondary N) is 1. The third kappa shape index (κ3) is 7.66. The molecular weight excluding hydrogens is 248 g/mol. The average molecular weight is 274 g/mol. The lowest BCUT2D eigenvalue weighted by molar-refractivity contribution is -0.139. The lowest BCUT2D eigenvalue weighted by Gasteiger charge is -2.29. The minimum Gasteiger partial charge on any atom is -0.480 e. The number of aliphatic carboxylic acids is 1. The lowest BCUT2D eigenvalue weighted by Crippen LogP contribution is -2.51. The van der Waals surface area contributed by atoms with Crippen LogP contribution < -0.4 is 5.32 Å². The zero-order chi connectivity index (χ0) is 15.1. The summed E-state index contributed by atoms with van der Waals surface area (Å²) in [5.74, 6) is -1.03. The van der Waals surface area contributed by atoms with E-state index in [2.05, 4.69) is 5.32 Å². The number of rotatable bonds is 8. The molecule has 1 atom stereocenters. The molecule has 0 saturated heterocycles. The Hall–Kier alpha value is -1.30. The summed E-state index contributed by atoms with van der Waals surface area (Å²) < 4.78 is 0. The van der Waals surface area contributed by atoms with E-state index in [4.69, 9.17) is 5.11 Å². The summed E-state index contributed by atoms with van der Waals surface area (Å²) in [7, 11) is 0. The molecule has 0 saturated carbocycles. The first kappa shape index (κ1) is 17.7. The highest BCUT2D eigenvalue weighted by atomic mass is 16.4. The summed E-state index contributed by atoms with van der Waals surface area (Å²) in [6, 6.07) is -1.32. The van der Waals surface area contributed by atoms with Crippen molar-refractivity contribution in [3.05, 3.63) is 0 Å². The second-order valence-electron chi connectivity index (χ2n) is 5.31. The van der Waals surface area contributed by atoms with Gasteiger partial charge in [-0.15, -0.1) is 0 Å². The quantitative estimate of drug-likeness (QED) is 0.624. The molecule has 0 heterocycles. The summed E-state index contributed by atoms with van der Waals surface area (Å²) in [4.78, 5) is 24.4. The number of hydrogen-bond acceptors (Lipinski definition) is 3. The third-order valence-corrected chi connectivity index (χ3v) is 2.69. The molecular formula is C13H26N2O4. The van der Waals surface area contributed by atoms with Crippen molar-refractivity contribution in [2.45, 2.75) is 58.6 Å². The molecule has 19 heavy (non-hydrogen) atoms. The van der Waals surface area contributed by atoms with Gasteiger partial charge in [0, 0.05) is 6.54 Å². The van der Waals surface area contributed by atoms with Gasteiger partial charge in [-0.1, -0.05) is 19.8 Å². The first-order valence-electron chi connectivity index (χ1n) is 6.71. The van der Waals surface area contributed by atoms with Crippen LogP contribution in [0.25, 0.3) is 0 Å². The molecule has 6 heteroatoms. The second-order valence-corrected chi connectivity index (χ2v) is 5.31. The van der Waals surface area contributed by atoms with Crippen LogP contribution in [0.1, 0.15) is 47.0 Å². The van der Waals surface area contributed by atoms with E-state index < -0.39 is 23.6 Å². The predicted octanol–water partition coefficient (Wildman–Crippen LogP) is 1.43. The van der Waals surface area contributed by atoms with Crippen LogP contribution in [0, 0.1) is 0 Å². The Kier molecular flexibility index (Phi) is 7.44. The summed E-state index contributed by atoms with van der Waals surface area (Å²) in [5.41, 5.74) is -1.00. The van der Waals surface area contributed by atoms with Gasteiger partial charge in [0.15, 0.2) is 0 Å². The van der Waals surface area contributed by atoms with Crippen molar-refractivity contribution in [2.24, 2.45) is 0 Å². The van der Waals surface area contributed by atoms with Crippen LogP contribution in [0.15, 0.2) is 0 Å². The van der Waals surface area contributed by atoms with E-state index in [0.717, 1.165) is 12.8 Å². The zero-order valence-corrected chi connectivity index (χ0v) is 12.3. The van der Waals surface area contributed by atoms with Crippen LogP contribution in [-0.4, -0.2) is 51.8 Å². The SMILES string of the molecule is CCCCC(NC(=O)N(CC)CC(C)(C)O)C(=O)O. The van der Waals surface area contributed by atoms with E-state index in [1.807, 2.05) is 6.92 Å². The molecule has 0 rings (SSSR count). The van der Waals surface area contributed by atoms with Crippen LogP contribution in [0.5, 0.6) is 0 Å². The summed E-state index contributed by atoms with van der Waals surface area (Å²) >= 11 is 0. The van der Waals surface area contributed by atoms with E-state index in [0.29, 0.717) is 13.0 Å². The standard InChI is InChI=1S/C13H26N2O4/c1-5-7-8-10(11(16)17)14-12(18)15(6-2)9-13(3,4)19/h10,19H,5-9H2,1-4H3,(H,14,18)(H,16,17). The highest BCUT2D eigenvalue weighted by molar-refractivity contribution is 5.82. The Morgan fingerprint density at radius 1 is 1.32 bits per heavy atom. The van der Waals surface area contributed by atoms with Gasteiger partial charge in [-0.2, -0.15) is 0 Å². The van der Waals surface area contributed by atoms with Gasteiger partial charge in [0.1, 0.15) is 6.04 Å². The van der Waals surface area contributed by atoms with E-state index >= 15 is 0 Å². The lowest BCUT2D eigenvalue weighted by atomic mass is 10.1. The van der Waals surface area contributed by atoms with Gasteiger partial charge < -0.3 is 20.4 Å². The number of amides is 2. The van der Waals surface area contributed by atoms with Gasteiger partial charge in [-0.3, -0.25) is 0 Å². The summed E-state index contributed by atoms with van der Waals surface area (Å²) in [6.45, 7) is 7.54. The number of carbonyl (C=O) groups is 2. The number of unbranched alkanes of at least 4 members (excludes halogenated alkanes) is 1. The number of nitrogens with zero attached hydrogens (tertiary/aromatic N) is 1. The Bertz CT molecular complexity index is 300. The Morgan fingerprint density at radius 3 is 2.26 bits per heavy atom. The van der Waals surface area contributed by atoms with Crippen molar-refractivity contribution in [1.82, 2.24) is 10.2 Å². The number of urea groups is 1. The van der Waals surface area contributed by atoms with E-state index in [1.165, 1.54) is 4.90 Å².